The van der Waals surface area contributed by atoms with Crippen LogP contribution >= 0.6 is 0 Å². The number of carbonyl (C=O) groups is 2. The standard InChI is InChI=1S/C12H19N3O3/c1-8(11-13-4-5-14-11)15-9(16)6-12(2,3)7-10(17)18/h4-5,8H,6-7H2,1-3H3,(H,13,14)(H,15,16)(H,17,18). The molecule has 0 aromatic carbocycles. The molecule has 0 spiro atoms. The lowest BCUT2D eigenvalue weighted by molar-refractivity contribution is -0.139. The first kappa shape index (κ1) is 14.2. The number of carbonyl (C=O) groups excluding carboxylic acids is 1. The normalized spacial score (nSPS) is 13.1. The molecule has 0 saturated heterocycles. The van der Waals surface area contributed by atoms with Gasteiger partial charge in [0.05, 0.1) is 12.5 Å². The van der Waals surface area contributed by atoms with Crippen molar-refractivity contribution in [2.75, 3.05) is 0 Å². The molecule has 0 aliphatic carbocycles. The van der Waals surface area contributed by atoms with Crippen LogP contribution in [0.3, 0.4) is 0 Å². The van der Waals surface area contributed by atoms with Crippen molar-refractivity contribution in [2.24, 2.45) is 5.41 Å². The van der Waals surface area contributed by atoms with Gasteiger partial charge in [-0.15, -0.1) is 0 Å². The number of amides is 1. The average molecular weight is 253 g/mol. The van der Waals surface area contributed by atoms with E-state index in [1.54, 1.807) is 26.2 Å². The molecule has 1 atom stereocenters. The number of hydrogen-bond acceptors (Lipinski definition) is 3. The van der Waals surface area contributed by atoms with E-state index in [2.05, 4.69) is 15.3 Å². The summed E-state index contributed by atoms with van der Waals surface area (Å²) in [7, 11) is 0. The highest BCUT2D eigenvalue weighted by atomic mass is 16.4. The second-order valence-corrected chi connectivity index (χ2v) is 5.18. The van der Waals surface area contributed by atoms with Gasteiger partial charge in [0.25, 0.3) is 0 Å². The fraction of sp³-hybridized carbons (Fsp3) is 0.583. The largest absolute Gasteiger partial charge is 0.481 e. The molecule has 1 unspecified atom stereocenters. The summed E-state index contributed by atoms with van der Waals surface area (Å²) >= 11 is 0. The molecular weight excluding hydrogens is 234 g/mol. The van der Waals surface area contributed by atoms with Gasteiger partial charge in [0.2, 0.25) is 5.91 Å². The summed E-state index contributed by atoms with van der Waals surface area (Å²) in [6.07, 6.45) is 3.44. The highest BCUT2D eigenvalue weighted by molar-refractivity contribution is 5.78. The Morgan fingerprint density at radius 2 is 2.17 bits per heavy atom. The molecule has 0 fully saturated rings. The fourth-order valence-electron chi connectivity index (χ4n) is 1.78. The van der Waals surface area contributed by atoms with Crippen molar-refractivity contribution in [3.63, 3.8) is 0 Å². The van der Waals surface area contributed by atoms with Gasteiger partial charge in [-0.1, -0.05) is 13.8 Å². The molecular formula is C12H19N3O3. The lowest BCUT2D eigenvalue weighted by Gasteiger charge is -2.22. The monoisotopic (exact) mass is 253 g/mol. The number of nitrogens with one attached hydrogen (secondary N) is 2. The van der Waals surface area contributed by atoms with Crippen LogP contribution in [0.2, 0.25) is 0 Å². The molecule has 1 heterocycles. The van der Waals surface area contributed by atoms with Crippen LogP contribution in [0, 0.1) is 5.41 Å². The highest BCUT2D eigenvalue weighted by Crippen LogP contribution is 2.25. The van der Waals surface area contributed by atoms with Gasteiger partial charge in [0.15, 0.2) is 0 Å². The van der Waals surface area contributed by atoms with Crippen LogP contribution in [0.4, 0.5) is 0 Å². The summed E-state index contributed by atoms with van der Waals surface area (Å²) in [5.41, 5.74) is -0.557. The van der Waals surface area contributed by atoms with Crippen molar-refractivity contribution in [1.29, 1.82) is 0 Å². The molecule has 3 N–H and O–H groups in total. The van der Waals surface area contributed by atoms with Gasteiger partial charge in [0, 0.05) is 18.8 Å². The molecule has 18 heavy (non-hydrogen) atoms. The molecule has 100 valence electrons. The second-order valence-electron chi connectivity index (χ2n) is 5.18. The van der Waals surface area contributed by atoms with Crippen LogP contribution < -0.4 is 5.32 Å². The van der Waals surface area contributed by atoms with E-state index in [1.807, 2.05) is 6.92 Å². The first-order valence-electron chi connectivity index (χ1n) is 5.80. The number of carboxylic acid groups (broad SMARTS) is 1. The van der Waals surface area contributed by atoms with Crippen molar-refractivity contribution < 1.29 is 14.7 Å². The number of hydrogen-bond donors (Lipinski definition) is 3. The zero-order valence-corrected chi connectivity index (χ0v) is 10.9. The predicted molar refractivity (Wildman–Crippen MR) is 65.8 cm³/mol. The highest BCUT2D eigenvalue weighted by Gasteiger charge is 2.26. The number of nitrogens with zero attached hydrogens (tertiary/aromatic N) is 1. The Labute approximate surface area is 106 Å². The smallest absolute Gasteiger partial charge is 0.303 e. The zero-order valence-electron chi connectivity index (χ0n) is 10.9. The summed E-state index contributed by atoms with van der Waals surface area (Å²) in [5.74, 6) is -0.392. The Hall–Kier alpha value is -1.85. The van der Waals surface area contributed by atoms with E-state index in [1.165, 1.54) is 0 Å². The molecule has 1 aromatic rings. The van der Waals surface area contributed by atoms with E-state index >= 15 is 0 Å². The minimum atomic E-state index is -0.896. The lowest BCUT2D eigenvalue weighted by atomic mass is 9.85. The Morgan fingerprint density at radius 1 is 1.50 bits per heavy atom. The summed E-state index contributed by atoms with van der Waals surface area (Å²) in [4.78, 5) is 29.4. The predicted octanol–water partition coefficient (Wildman–Crippen LogP) is 1.48. The molecule has 1 aromatic heterocycles. The SMILES string of the molecule is CC(NC(=O)CC(C)(C)CC(=O)O)c1ncc[nH]1. The van der Waals surface area contributed by atoms with Gasteiger partial charge in [0.1, 0.15) is 5.82 Å². The third-order valence-corrected chi connectivity index (χ3v) is 2.58. The van der Waals surface area contributed by atoms with E-state index in [4.69, 9.17) is 5.11 Å². The van der Waals surface area contributed by atoms with Crippen LogP contribution in [0.25, 0.3) is 0 Å². The number of aliphatic carboxylic acids is 1. The van der Waals surface area contributed by atoms with E-state index < -0.39 is 11.4 Å². The topological polar surface area (TPSA) is 95.1 Å². The maximum Gasteiger partial charge on any atom is 0.303 e. The van der Waals surface area contributed by atoms with Gasteiger partial charge in [-0.2, -0.15) is 0 Å². The third-order valence-electron chi connectivity index (χ3n) is 2.58. The maximum atomic E-state index is 11.8. The fourth-order valence-corrected chi connectivity index (χ4v) is 1.78. The van der Waals surface area contributed by atoms with Crippen molar-refractivity contribution in [3.05, 3.63) is 18.2 Å². The Morgan fingerprint density at radius 3 is 2.67 bits per heavy atom. The van der Waals surface area contributed by atoms with Crippen molar-refractivity contribution in [2.45, 2.75) is 39.7 Å². The zero-order chi connectivity index (χ0) is 13.8. The molecule has 6 nitrogen and oxygen atoms in total. The van der Waals surface area contributed by atoms with Gasteiger partial charge < -0.3 is 15.4 Å². The number of rotatable bonds is 6. The molecule has 0 saturated carbocycles. The maximum absolute atomic E-state index is 11.8. The summed E-state index contributed by atoms with van der Waals surface area (Å²) in [5, 5.41) is 11.5. The third kappa shape index (κ3) is 4.57. The van der Waals surface area contributed by atoms with Crippen molar-refractivity contribution in [3.8, 4) is 0 Å². The Bertz CT molecular complexity index is 412. The average Bonchev–Trinajstić information content (AvgIpc) is 2.65. The van der Waals surface area contributed by atoms with Crippen LogP contribution in [-0.4, -0.2) is 27.0 Å². The molecule has 0 aliphatic heterocycles. The molecule has 1 rings (SSSR count). The van der Waals surface area contributed by atoms with Crippen LogP contribution in [0.15, 0.2) is 12.4 Å². The van der Waals surface area contributed by atoms with Gasteiger partial charge >= 0.3 is 5.97 Å². The van der Waals surface area contributed by atoms with Crippen LogP contribution in [0.5, 0.6) is 0 Å². The lowest BCUT2D eigenvalue weighted by Crippen LogP contribution is -2.32. The van der Waals surface area contributed by atoms with Crippen LogP contribution in [0.1, 0.15) is 45.5 Å². The molecule has 6 heteroatoms. The van der Waals surface area contributed by atoms with Gasteiger partial charge in [-0.25, -0.2) is 4.98 Å². The number of carboxylic acids is 1. The Kier molecular flexibility index (Phi) is 4.47. The quantitative estimate of drug-likeness (QED) is 0.715. The van der Waals surface area contributed by atoms with Crippen molar-refractivity contribution >= 4 is 11.9 Å². The minimum Gasteiger partial charge on any atom is -0.481 e. The van der Waals surface area contributed by atoms with Crippen LogP contribution in [-0.2, 0) is 9.59 Å². The van der Waals surface area contributed by atoms with E-state index in [0.29, 0.717) is 5.82 Å². The van der Waals surface area contributed by atoms with Gasteiger partial charge in [-0.3, -0.25) is 9.59 Å². The minimum absolute atomic E-state index is 0.0322. The number of H-pyrrole nitrogens is 1. The number of aromatic nitrogens is 2. The number of aromatic amines is 1. The first-order valence-corrected chi connectivity index (χ1v) is 5.80. The van der Waals surface area contributed by atoms with E-state index in [9.17, 15) is 9.59 Å². The second kappa shape index (κ2) is 5.66. The van der Waals surface area contributed by atoms with E-state index in [0.717, 1.165) is 0 Å². The molecule has 0 aliphatic rings. The van der Waals surface area contributed by atoms with Crippen molar-refractivity contribution in [1.82, 2.24) is 15.3 Å². The first-order chi connectivity index (χ1) is 8.30. The molecule has 0 bridgehead atoms. The van der Waals surface area contributed by atoms with E-state index in [-0.39, 0.29) is 24.8 Å². The van der Waals surface area contributed by atoms with Gasteiger partial charge in [-0.05, 0) is 12.3 Å². The summed E-state index contributed by atoms with van der Waals surface area (Å²) in [6.45, 7) is 5.34. The molecule has 1 amide bonds. The Balaban J connectivity index is 2.49. The summed E-state index contributed by atoms with van der Waals surface area (Å²) in [6, 6.07) is -0.215. The number of imidazole rings is 1. The molecule has 0 radical (unpaired) electrons. The summed E-state index contributed by atoms with van der Waals surface area (Å²) < 4.78 is 0.